The van der Waals surface area contributed by atoms with Gasteiger partial charge in [-0.1, -0.05) is 27.7 Å². The summed E-state index contributed by atoms with van der Waals surface area (Å²) < 4.78 is 0. The van der Waals surface area contributed by atoms with Crippen LogP contribution in [-0.4, -0.2) is 5.78 Å². The molecular formula is C13H24O. The summed E-state index contributed by atoms with van der Waals surface area (Å²) in [6.07, 6.45) is 4.81. The summed E-state index contributed by atoms with van der Waals surface area (Å²) >= 11 is 0. The van der Waals surface area contributed by atoms with Crippen LogP contribution >= 0.6 is 0 Å². The van der Waals surface area contributed by atoms with Crippen LogP contribution in [0.5, 0.6) is 0 Å². The first-order valence-electron chi connectivity index (χ1n) is 6.06. The third-order valence-electron chi connectivity index (χ3n) is 3.69. The van der Waals surface area contributed by atoms with Crippen molar-refractivity contribution in [2.24, 2.45) is 23.7 Å². The number of carbonyl (C=O) groups excluding carboxylic acids is 1. The summed E-state index contributed by atoms with van der Waals surface area (Å²) in [5, 5.41) is 0. The van der Waals surface area contributed by atoms with Gasteiger partial charge in [0.1, 0.15) is 5.78 Å². The Hall–Kier alpha value is -0.330. The van der Waals surface area contributed by atoms with Crippen molar-refractivity contribution in [1.29, 1.82) is 0 Å². The number of Topliss-reactive ketones (excluding diaryl/α,β-unsaturated/α-hetero) is 1. The van der Waals surface area contributed by atoms with Gasteiger partial charge in [-0.25, -0.2) is 0 Å². The fourth-order valence-electron chi connectivity index (χ4n) is 2.54. The molecule has 1 aliphatic carbocycles. The van der Waals surface area contributed by atoms with E-state index in [1.165, 1.54) is 12.8 Å². The van der Waals surface area contributed by atoms with Gasteiger partial charge in [-0.2, -0.15) is 0 Å². The standard InChI is InChI=1S/C13H24O/c1-9(2)11-5-7-12(8-6-11)13(14)10(3)4/h9-12H,5-8H2,1-4H3. The van der Waals surface area contributed by atoms with Crippen molar-refractivity contribution in [2.45, 2.75) is 53.4 Å². The van der Waals surface area contributed by atoms with Crippen LogP contribution in [0.2, 0.25) is 0 Å². The third-order valence-corrected chi connectivity index (χ3v) is 3.69. The molecule has 0 radical (unpaired) electrons. The van der Waals surface area contributed by atoms with Crippen LogP contribution in [0.25, 0.3) is 0 Å². The molecule has 14 heavy (non-hydrogen) atoms. The molecule has 1 saturated carbocycles. The highest BCUT2D eigenvalue weighted by molar-refractivity contribution is 5.82. The second-order valence-electron chi connectivity index (χ2n) is 5.41. The second-order valence-corrected chi connectivity index (χ2v) is 5.41. The Kier molecular flexibility index (Phi) is 4.15. The zero-order chi connectivity index (χ0) is 10.7. The minimum atomic E-state index is 0.232. The lowest BCUT2D eigenvalue weighted by molar-refractivity contribution is -0.127. The predicted molar refractivity (Wildman–Crippen MR) is 60.1 cm³/mol. The van der Waals surface area contributed by atoms with E-state index in [0.29, 0.717) is 11.7 Å². The summed E-state index contributed by atoms with van der Waals surface area (Å²) in [5.41, 5.74) is 0. The van der Waals surface area contributed by atoms with E-state index in [-0.39, 0.29) is 5.92 Å². The van der Waals surface area contributed by atoms with Crippen LogP contribution in [-0.2, 0) is 4.79 Å². The zero-order valence-electron chi connectivity index (χ0n) is 10.0. The van der Waals surface area contributed by atoms with Gasteiger partial charge in [0.05, 0.1) is 0 Å². The first kappa shape index (κ1) is 11.7. The van der Waals surface area contributed by atoms with Crippen molar-refractivity contribution in [3.63, 3.8) is 0 Å². The van der Waals surface area contributed by atoms with E-state index in [9.17, 15) is 4.79 Å². The Balaban J connectivity index is 2.39. The highest BCUT2D eigenvalue weighted by Crippen LogP contribution is 2.34. The number of hydrogen-bond acceptors (Lipinski definition) is 1. The topological polar surface area (TPSA) is 17.1 Å². The van der Waals surface area contributed by atoms with Crippen molar-refractivity contribution >= 4 is 5.78 Å². The summed E-state index contributed by atoms with van der Waals surface area (Å²) in [6, 6.07) is 0. The molecular weight excluding hydrogens is 172 g/mol. The quantitative estimate of drug-likeness (QED) is 0.673. The molecule has 0 aromatic heterocycles. The molecule has 0 atom stereocenters. The minimum Gasteiger partial charge on any atom is -0.299 e. The molecule has 0 aromatic carbocycles. The van der Waals surface area contributed by atoms with Gasteiger partial charge in [0.25, 0.3) is 0 Å². The molecule has 82 valence electrons. The van der Waals surface area contributed by atoms with Crippen LogP contribution < -0.4 is 0 Å². The molecule has 0 spiro atoms. The minimum absolute atomic E-state index is 0.232. The van der Waals surface area contributed by atoms with Crippen LogP contribution in [0.4, 0.5) is 0 Å². The van der Waals surface area contributed by atoms with Gasteiger partial charge < -0.3 is 0 Å². The molecule has 1 fully saturated rings. The van der Waals surface area contributed by atoms with Crippen molar-refractivity contribution in [3.05, 3.63) is 0 Å². The lowest BCUT2D eigenvalue weighted by Gasteiger charge is -2.30. The summed E-state index contributed by atoms with van der Waals surface area (Å²) in [5.74, 6) is 2.77. The van der Waals surface area contributed by atoms with Crippen LogP contribution in [0.3, 0.4) is 0 Å². The molecule has 0 amide bonds. The average Bonchev–Trinajstić information content (AvgIpc) is 2.16. The van der Waals surface area contributed by atoms with E-state index in [0.717, 1.165) is 24.7 Å². The number of rotatable bonds is 3. The fraction of sp³-hybridized carbons (Fsp3) is 0.923. The van der Waals surface area contributed by atoms with Gasteiger partial charge in [0.15, 0.2) is 0 Å². The van der Waals surface area contributed by atoms with E-state index in [1.54, 1.807) is 0 Å². The zero-order valence-corrected chi connectivity index (χ0v) is 10.0. The molecule has 1 nitrogen and oxygen atoms in total. The maximum Gasteiger partial charge on any atom is 0.138 e. The largest absolute Gasteiger partial charge is 0.299 e. The first-order chi connectivity index (χ1) is 6.52. The van der Waals surface area contributed by atoms with E-state index in [4.69, 9.17) is 0 Å². The van der Waals surface area contributed by atoms with Crippen LogP contribution in [0.1, 0.15) is 53.4 Å². The smallest absolute Gasteiger partial charge is 0.138 e. The Morgan fingerprint density at radius 1 is 1.00 bits per heavy atom. The van der Waals surface area contributed by atoms with Gasteiger partial charge in [0.2, 0.25) is 0 Å². The van der Waals surface area contributed by atoms with E-state index in [1.807, 2.05) is 13.8 Å². The van der Waals surface area contributed by atoms with Gasteiger partial charge >= 0.3 is 0 Å². The van der Waals surface area contributed by atoms with Gasteiger partial charge in [-0.3, -0.25) is 4.79 Å². The van der Waals surface area contributed by atoms with E-state index >= 15 is 0 Å². The monoisotopic (exact) mass is 196 g/mol. The lowest BCUT2D eigenvalue weighted by atomic mass is 9.74. The summed E-state index contributed by atoms with van der Waals surface area (Å²) in [7, 11) is 0. The highest BCUT2D eigenvalue weighted by atomic mass is 16.1. The number of carbonyl (C=O) groups is 1. The van der Waals surface area contributed by atoms with Crippen molar-refractivity contribution in [3.8, 4) is 0 Å². The Morgan fingerprint density at radius 2 is 1.50 bits per heavy atom. The molecule has 1 rings (SSSR count). The third kappa shape index (κ3) is 2.83. The van der Waals surface area contributed by atoms with E-state index in [2.05, 4.69) is 13.8 Å². The first-order valence-corrected chi connectivity index (χ1v) is 6.06. The van der Waals surface area contributed by atoms with E-state index < -0.39 is 0 Å². The number of hydrogen-bond donors (Lipinski definition) is 0. The molecule has 1 heteroatoms. The molecule has 1 aliphatic rings. The maximum absolute atomic E-state index is 11.8. The van der Waals surface area contributed by atoms with Gasteiger partial charge in [0, 0.05) is 11.8 Å². The molecule has 0 unspecified atom stereocenters. The molecule has 0 aromatic rings. The molecule has 0 N–H and O–H groups in total. The molecule has 0 bridgehead atoms. The van der Waals surface area contributed by atoms with Crippen LogP contribution in [0.15, 0.2) is 0 Å². The molecule has 0 saturated heterocycles. The predicted octanol–water partition coefficient (Wildman–Crippen LogP) is 3.67. The Labute approximate surface area is 88.3 Å². The number of ketones is 1. The summed E-state index contributed by atoms with van der Waals surface area (Å²) in [4.78, 5) is 11.8. The normalized spacial score (nSPS) is 28.4. The second kappa shape index (κ2) is 4.95. The maximum atomic E-state index is 11.8. The molecule has 0 aliphatic heterocycles. The van der Waals surface area contributed by atoms with Crippen molar-refractivity contribution < 1.29 is 4.79 Å². The SMILES string of the molecule is CC(C)C(=O)C1CCC(C(C)C)CC1. The average molecular weight is 196 g/mol. The fourth-order valence-corrected chi connectivity index (χ4v) is 2.54. The van der Waals surface area contributed by atoms with Gasteiger partial charge in [-0.15, -0.1) is 0 Å². The Morgan fingerprint density at radius 3 is 1.86 bits per heavy atom. The highest BCUT2D eigenvalue weighted by Gasteiger charge is 2.28. The van der Waals surface area contributed by atoms with Gasteiger partial charge in [-0.05, 0) is 37.5 Å². The molecule has 0 heterocycles. The lowest BCUT2D eigenvalue weighted by Crippen LogP contribution is -2.26. The summed E-state index contributed by atoms with van der Waals surface area (Å²) in [6.45, 7) is 8.65. The van der Waals surface area contributed by atoms with Crippen molar-refractivity contribution in [2.75, 3.05) is 0 Å². The van der Waals surface area contributed by atoms with Crippen LogP contribution in [0, 0.1) is 23.7 Å². The van der Waals surface area contributed by atoms with Crippen molar-refractivity contribution in [1.82, 2.24) is 0 Å². The Bertz CT molecular complexity index is 185.